The Morgan fingerprint density at radius 2 is 1.89 bits per heavy atom. The predicted molar refractivity (Wildman–Crippen MR) is 107 cm³/mol. The number of hydrogen-bond donors (Lipinski definition) is 2. The monoisotopic (exact) mass is 388 g/mol. The Kier molecular flexibility index (Phi) is 6.83. The fourth-order valence-corrected chi connectivity index (χ4v) is 4.41. The van der Waals surface area contributed by atoms with Gasteiger partial charge in [-0.25, -0.2) is 15.4 Å². The van der Waals surface area contributed by atoms with Crippen LogP contribution in [0.4, 0.5) is 5.82 Å². The molecule has 1 aromatic heterocycles. The van der Waals surface area contributed by atoms with E-state index in [0.717, 1.165) is 25.9 Å². The molecule has 2 heterocycles. The van der Waals surface area contributed by atoms with Gasteiger partial charge in [-0.1, -0.05) is 19.3 Å². The smallest absolute Gasteiger partial charge is 0.254 e. The van der Waals surface area contributed by atoms with E-state index in [1.54, 1.807) is 6.92 Å². The largest absolute Gasteiger partial charge is 0.365 e. The van der Waals surface area contributed by atoms with Gasteiger partial charge >= 0.3 is 0 Å². The Balaban J connectivity index is 1.81. The number of anilines is 1. The van der Waals surface area contributed by atoms with Crippen molar-refractivity contribution in [2.45, 2.75) is 70.9 Å². The Morgan fingerprint density at radius 3 is 2.50 bits per heavy atom. The van der Waals surface area contributed by atoms with Gasteiger partial charge < -0.3 is 10.6 Å². The van der Waals surface area contributed by atoms with Gasteiger partial charge in [-0.2, -0.15) is 0 Å². The van der Waals surface area contributed by atoms with E-state index in [1.165, 1.54) is 44.6 Å². The number of carbonyl (C=O) groups is 2. The van der Waals surface area contributed by atoms with E-state index in [9.17, 15) is 9.59 Å². The lowest BCUT2D eigenvalue weighted by Gasteiger charge is -2.41. The molecule has 3 N–H and O–H groups in total. The van der Waals surface area contributed by atoms with E-state index in [2.05, 4.69) is 22.3 Å². The number of primary amides is 1. The topological polar surface area (TPSA) is 104 Å². The summed E-state index contributed by atoms with van der Waals surface area (Å²) in [4.78, 5) is 33.9. The number of amides is 2. The lowest BCUT2D eigenvalue weighted by atomic mass is 9.84. The Morgan fingerprint density at radius 1 is 1.21 bits per heavy atom. The summed E-state index contributed by atoms with van der Waals surface area (Å²) < 4.78 is 0. The lowest BCUT2D eigenvalue weighted by Crippen LogP contribution is -2.56. The molecule has 8 nitrogen and oxygen atoms in total. The van der Waals surface area contributed by atoms with Crippen LogP contribution in [-0.2, 0) is 4.79 Å². The molecule has 2 amide bonds. The SMILES string of the molecule is CC(=O)N1CCC(NN(c2ncncc2C(N)=O)C(C)C2CCCCC2)CC1. The number of nitrogens with two attached hydrogens (primary N) is 1. The highest BCUT2D eigenvalue weighted by Gasteiger charge is 2.31. The zero-order valence-corrected chi connectivity index (χ0v) is 16.9. The van der Waals surface area contributed by atoms with Gasteiger partial charge in [0.25, 0.3) is 5.91 Å². The minimum absolute atomic E-state index is 0.123. The molecular formula is C20H32N6O2. The number of likely N-dealkylation sites (tertiary alicyclic amines) is 1. The van der Waals surface area contributed by atoms with E-state index in [0.29, 0.717) is 17.3 Å². The second kappa shape index (κ2) is 9.32. The van der Waals surface area contributed by atoms with Crippen molar-refractivity contribution >= 4 is 17.6 Å². The third-order valence-corrected chi connectivity index (χ3v) is 6.19. The summed E-state index contributed by atoms with van der Waals surface area (Å²) >= 11 is 0. The van der Waals surface area contributed by atoms with Crippen molar-refractivity contribution in [2.75, 3.05) is 18.1 Å². The first-order valence-electron chi connectivity index (χ1n) is 10.4. The first-order valence-corrected chi connectivity index (χ1v) is 10.4. The third kappa shape index (κ3) is 4.79. The third-order valence-electron chi connectivity index (χ3n) is 6.19. The number of piperidine rings is 1. The van der Waals surface area contributed by atoms with Crippen molar-refractivity contribution in [3.8, 4) is 0 Å². The number of carbonyl (C=O) groups excluding carboxylic acids is 2. The molecule has 0 radical (unpaired) electrons. The minimum Gasteiger partial charge on any atom is -0.365 e. The Bertz CT molecular complexity index is 683. The molecule has 1 aromatic rings. The van der Waals surface area contributed by atoms with E-state index in [4.69, 9.17) is 5.73 Å². The lowest BCUT2D eigenvalue weighted by molar-refractivity contribution is -0.129. The van der Waals surface area contributed by atoms with Crippen LogP contribution in [-0.4, -0.2) is 51.9 Å². The molecule has 3 rings (SSSR count). The van der Waals surface area contributed by atoms with E-state index >= 15 is 0 Å². The summed E-state index contributed by atoms with van der Waals surface area (Å²) in [6, 6.07) is 0.400. The maximum absolute atomic E-state index is 12.0. The molecule has 1 aliphatic heterocycles. The fraction of sp³-hybridized carbons (Fsp3) is 0.700. The van der Waals surface area contributed by atoms with Crippen LogP contribution in [0.25, 0.3) is 0 Å². The number of hydrazine groups is 1. The van der Waals surface area contributed by atoms with E-state index < -0.39 is 5.91 Å². The summed E-state index contributed by atoms with van der Waals surface area (Å²) in [5.74, 6) is 0.686. The maximum Gasteiger partial charge on any atom is 0.254 e. The summed E-state index contributed by atoms with van der Waals surface area (Å²) in [6.45, 7) is 5.29. The second-order valence-corrected chi connectivity index (χ2v) is 8.04. The van der Waals surface area contributed by atoms with Gasteiger partial charge in [0.2, 0.25) is 5.91 Å². The van der Waals surface area contributed by atoms with Crippen LogP contribution in [0.15, 0.2) is 12.5 Å². The van der Waals surface area contributed by atoms with Gasteiger partial charge in [-0.15, -0.1) is 0 Å². The maximum atomic E-state index is 12.0. The number of nitrogens with zero attached hydrogens (tertiary/aromatic N) is 4. The van der Waals surface area contributed by atoms with Crippen molar-refractivity contribution in [3.05, 3.63) is 18.1 Å². The molecule has 1 atom stereocenters. The van der Waals surface area contributed by atoms with Crippen molar-refractivity contribution < 1.29 is 9.59 Å². The van der Waals surface area contributed by atoms with Gasteiger partial charge in [0.15, 0.2) is 5.82 Å². The summed E-state index contributed by atoms with van der Waals surface area (Å²) in [6.07, 6.45) is 10.8. The molecule has 0 bridgehead atoms. The van der Waals surface area contributed by atoms with E-state index in [1.807, 2.05) is 9.91 Å². The van der Waals surface area contributed by atoms with Gasteiger partial charge in [0.1, 0.15) is 11.9 Å². The minimum atomic E-state index is -0.523. The van der Waals surface area contributed by atoms with Gasteiger partial charge in [0, 0.05) is 38.3 Å². The van der Waals surface area contributed by atoms with Crippen molar-refractivity contribution in [2.24, 2.45) is 11.7 Å². The van der Waals surface area contributed by atoms with Crippen LogP contribution in [0, 0.1) is 5.92 Å². The molecule has 0 aromatic carbocycles. The van der Waals surface area contributed by atoms with Crippen molar-refractivity contribution in [1.82, 2.24) is 20.3 Å². The van der Waals surface area contributed by atoms with Crippen LogP contribution in [0.1, 0.15) is 69.2 Å². The quantitative estimate of drug-likeness (QED) is 0.721. The van der Waals surface area contributed by atoms with Crippen LogP contribution < -0.4 is 16.2 Å². The molecule has 2 aliphatic rings. The normalized spacial score (nSPS) is 20.0. The summed E-state index contributed by atoms with van der Waals surface area (Å²) in [5.41, 5.74) is 9.55. The fourth-order valence-electron chi connectivity index (χ4n) is 4.41. The first-order chi connectivity index (χ1) is 13.5. The van der Waals surface area contributed by atoms with Gasteiger partial charge in [0.05, 0.1) is 0 Å². The highest BCUT2D eigenvalue weighted by molar-refractivity contribution is 5.97. The second-order valence-electron chi connectivity index (χ2n) is 8.04. The molecule has 0 spiro atoms. The molecule has 1 saturated heterocycles. The molecule has 8 heteroatoms. The van der Waals surface area contributed by atoms with Crippen LogP contribution in [0.2, 0.25) is 0 Å². The van der Waals surface area contributed by atoms with Gasteiger partial charge in [-0.05, 0) is 38.5 Å². The Hall–Kier alpha value is -2.22. The Labute approximate surface area is 166 Å². The highest BCUT2D eigenvalue weighted by atomic mass is 16.2. The number of rotatable bonds is 6. The number of hydrogen-bond acceptors (Lipinski definition) is 6. The van der Waals surface area contributed by atoms with Crippen LogP contribution in [0.5, 0.6) is 0 Å². The molecule has 154 valence electrons. The standard InChI is InChI=1S/C20H32N6O2/c1-14(16-6-4-3-5-7-16)26(20-18(19(21)28)12-22-13-23-20)24-17-8-10-25(11-9-17)15(2)27/h12-14,16-17,24H,3-11H2,1-2H3,(H2,21,28). The highest BCUT2D eigenvalue weighted by Crippen LogP contribution is 2.31. The predicted octanol–water partition coefficient (Wildman–Crippen LogP) is 1.87. The summed E-state index contributed by atoms with van der Waals surface area (Å²) in [7, 11) is 0. The molecule has 1 saturated carbocycles. The number of nitrogens with one attached hydrogen (secondary N) is 1. The molecule has 28 heavy (non-hydrogen) atoms. The number of aromatic nitrogens is 2. The molecule has 2 fully saturated rings. The van der Waals surface area contributed by atoms with Crippen molar-refractivity contribution in [1.29, 1.82) is 0 Å². The first kappa shape index (κ1) is 20.5. The average Bonchev–Trinajstić information content (AvgIpc) is 2.72. The van der Waals surface area contributed by atoms with Crippen LogP contribution >= 0.6 is 0 Å². The summed E-state index contributed by atoms with van der Waals surface area (Å²) in [5, 5.41) is 2.05. The van der Waals surface area contributed by atoms with Gasteiger partial charge in [-0.3, -0.25) is 14.6 Å². The van der Waals surface area contributed by atoms with E-state index in [-0.39, 0.29) is 18.0 Å². The zero-order chi connectivity index (χ0) is 20.1. The van der Waals surface area contributed by atoms with Crippen molar-refractivity contribution in [3.63, 3.8) is 0 Å². The molecule has 1 unspecified atom stereocenters. The average molecular weight is 389 g/mol. The van der Waals surface area contributed by atoms with Crippen LogP contribution in [0.3, 0.4) is 0 Å². The zero-order valence-electron chi connectivity index (χ0n) is 16.9. The molecular weight excluding hydrogens is 356 g/mol. The molecule has 1 aliphatic carbocycles.